The van der Waals surface area contributed by atoms with Crippen LogP contribution >= 0.6 is 0 Å². The number of aryl methyl sites for hydroxylation is 1. The lowest BCUT2D eigenvalue weighted by atomic mass is 10.0. The second-order valence-electron chi connectivity index (χ2n) is 5.50. The van der Waals surface area contributed by atoms with E-state index in [2.05, 4.69) is 10.6 Å². The van der Waals surface area contributed by atoms with E-state index in [1.807, 2.05) is 45.9 Å². The minimum absolute atomic E-state index is 0.0000573. The molecule has 1 atom stereocenters. The summed E-state index contributed by atoms with van der Waals surface area (Å²) in [5.41, 5.74) is 1.48. The van der Waals surface area contributed by atoms with Gasteiger partial charge in [-0.05, 0) is 31.4 Å². The van der Waals surface area contributed by atoms with Crippen molar-refractivity contribution in [3.8, 4) is 0 Å². The van der Waals surface area contributed by atoms with Gasteiger partial charge in [-0.3, -0.25) is 9.59 Å². The van der Waals surface area contributed by atoms with Gasteiger partial charge < -0.3 is 15.4 Å². The second kappa shape index (κ2) is 9.20. The summed E-state index contributed by atoms with van der Waals surface area (Å²) in [7, 11) is 0. The van der Waals surface area contributed by atoms with Crippen LogP contribution in [-0.2, 0) is 9.53 Å². The van der Waals surface area contributed by atoms with Crippen LogP contribution in [0.2, 0.25) is 0 Å². The molecule has 2 amide bonds. The van der Waals surface area contributed by atoms with Crippen LogP contribution in [0.4, 0.5) is 0 Å². The lowest BCUT2D eigenvalue weighted by Crippen LogP contribution is -2.50. The minimum Gasteiger partial charge on any atom is -0.380 e. The Kier molecular flexibility index (Phi) is 7.60. The first-order valence-electron chi connectivity index (χ1n) is 7.69. The van der Waals surface area contributed by atoms with Gasteiger partial charge in [0.2, 0.25) is 5.91 Å². The number of nitrogens with one attached hydrogen (secondary N) is 2. The zero-order valence-electron chi connectivity index (χ0n) is 13.8. The molecule has 1 aromatic carbocycles. The summed E-state index contributed by atoms with van der Waals surface area (Å²) >= 11 is 0. The van der Waals surface area contributed by atoms with Crippen molar-refractivity contribution in [3.63, 3.8) is 0 Å². The molecule has 0 aromatic heterocycles. The van der Waals surface area contributed by atoms with Gasteiger partial charge in [0.15, 0.2) is 0 Å². The highest BCUT2D eigenvalue weighted by molar-refractivity contribution is 5.98. The van der Waals surface area contributed by atoms with Crippen LogP contribution in [0.1, 0.15) is 36.7 Å². The van der Waals surface area contributed by atoms with Crippen molar-refractivity contribution < 1.29 is 14.3 Å². The molecular weight excluding hydrogens is 280 g/mol. The van der Waals surface area contributed by atoms with Crippen molar-refractivity contribution in [2.75, 3.05) is 19.8 Å². The van der Waals surface area contributed by atoms with Gasteiger partial charge in [-0.15, -0.1) is 0 Å². The molecule has 1 unspecified atom stereocenters. The van der Waals surface area contributed by atoms with Gasteiger partial charge in [0.1, 0.15) is 6.04 Å². The van der Waals surface area contributed by atoms with Crippen molar-refractivity contribution in [1.82, 2.24) is 10.6 Å². The summed E-state index contributed by atoms with van der Waals surface area (Å²) in [6.45, 7) is 9.13. The van der Waals surface area contributed by atoms with Gasteiger partial charge in [0.25, 0.3) is 5.91 Å². The average Bonchev–Trinajstić information content (AvgIpc) is 2.49. The number of benzene rings is 1. The highest BCUT2D eigenvalue weighted by Gasteiger charge is 2.24. The summed E-state index contributed by atoms with van der Waals surface area (Å²) in [5.74, 6) is -0.409. The maximum absolute atomic E-state index is 12.3. The Balaban J connectivity index is 2.66. The van der Waals surface area contributed by atoms with E-state index in [1.54, 1.807) is 6.07 Å². The molecule has 2 N–H and O–H groups in total. The fraction of sp³-hybridized carbons (Fsp3) is 0.529. The average molecular weight is 306 g/mol. The Morgan fingerprint density at radius 1 is 1.23 bits per heavy atom. The highest BCUT2D eigenvalue weighted by atomic mass is 16.5. The Morgan fingerprint density at radius 3 is 2.50 bits per heavy atom. The lowest BCUT2D eigenvalue weighted by molar-refractivity contribution is -0.124. The van der Waals surface area contributed by atoms with Gasteiger partial charge in [-0.1, -0.05) is 32.0 Å². The smallest absolute Gasteiger partial charge is 0.252 e. The number of ether oxygens (including phenoxy) is 1. The molecule has 0 spiro atoms. The SMILES string of the molecule is CCOCCNC(=O)C(NC(=O)c1ccccc1C)C(C)C. The molecule has 0 saturated carbocycles. The number of hydrogen-bond donors (Lipinski definition) is 2. The van der Waals surface area contributed by atoms with Gasteiger partial charge in [-0.25, -0.2) is 0 Å². The third kappa shape index (κ3) is 5.48. The molecule has 0 bridgehead atoms. The molecule has 1 rings (SSSR count). The number of carbonyl (C=O) groups is 2. The topological polar surface area (TPSA) is 67.4 Å². The molecule has 5 nitrogen and oxygen atoms in total. The highest BCUT2D eigenvalue weighted by Crippen LogP contribution is 2.09. The molecule has 22 heavy (non-hydrogen) atoms. The van der Waals surface area contributed by atoms with Crippen LogP contribution < -0.4 is 10.6 Å². The van der Waals surface area contributed by atoms with E-state index >= 15 is 0 Å². The molecule has 0 radical (unpaired) electrons. The van der Waals surface area contributed by atoms with E-state index in [9.17, 15) is 9.59 Å². The van der Waals surface area contributed by atoms with E-state index < -0.39 is 6.04 Å². The second-order valence-corrected chi connectivity index (χ2v) is 5.50. The van der Waals surface area contributed by atoms with Crippen LogP contribution in [0.25, 0.3) is 0 Å². The summed E-state index contributed by atoms with van der Waals surface area (Å²) in [4.78, 5) is 24.6. The van der Waals surface area contributed by atoms with E-state index in [-0.39, 0.29) is 17.7 Å². The first-order chi connectivity index (χ1) is 10.5. The van der Waals surface area contributed by atoms with Gasteiger partial charge in [0.05, 0.1) is 6.61 Å². The molecule has 0 aliphatic rings. The zero-order chi connectivity index (χ0) is 16.5. The standard InChI is InChI=1S/C17H26N2O3/c1-5-22-11-10-18-17(21)15(12(2)3)19-16(20)14-9-7-6-8-13(14)4/h6-9,12,15H,5,10-11H2,1-4H3,(H,18,21)(H,19,20). The van der Waals surface area contributed by atoms with E-state index in [1.165, 1.54) is 0 Å². The molecule has 0 fully saturated rings. The summed E-state index contributed by atoms with van der Waals surface area (Å²) in [5, 5.41) is 5.61. The quantitative estimate of drug-likeness (QED) is 0.721. The van der Waals surface area contributed by atoms with Crippen molar-refractivity contribution in [2.24, 2.45) is 5.92 Å². The van der Waals surface area contributed by atoms with Crippen molar-refractivity contribution in [2.45, 2.75) is 33.7 Å². The largest absolute Gasteiger partial charge is 0.380 e. The maximum Gasteiger partial charge on any atom is 0.252 e. The molecule has 122 valence electrons. The van der Waals surface area contributed by atoms with Crippen LogP contribution in [0.5, 0.6) is 0 Å². The van der Waals surface area contributed by atoms with Gasteiger partial charge in [-0.2, -0.15) is 0 Å². The van der Waals surface area contributed by atoms with Crippen molar-refractivity contribution >= 4 is 11.8 Å². The van der Waals surface area contributed by atoms with Crippen molar-refractivity contribution in [3.05, 3.63) is 35.4 Å². The van der Waals surface area contributed by atoms with E-state index in [0.29, 0.717) is 25.3 Å². The summed E-state index contributed by atoms with van der Waals surface area (Å²) in [6, 6.07) is 6.77. The Labute approximate surface area is 132 Å². The summed E-state index contributed by atoms with van der Waals surface area (Å²) in [6.07, 6.45) is 0. The molecule has 1 aromatic rings. The van der Waals surface area contributed by atoms with Crippen LogP contribution in [0.15, 0.2) is 24.3 Å². The Hall–Kier alpha value is -1.88. The van der Waals surface area contributed by atoms with Crippen LogP contribution in [-0.4, -0.2) is 37.6 Å². The predicted molar refractivity (Wildman–Crippen MR) is 86.8 cm³/mol. The molecule has 5 heteroatoms. The number of amides is 2. The zero-order valence-corrected chi connectivity index (χ0v) is 13.8. The lowest BCUT2D eigenvalue weighted by Gasteiger charge is -2.22. The third-order valence-electron chi connectivity index (χ3n) is 3.38. The van der Waals surface area contributed by atoms with E-state index in [4.69, 9.17) is 4.74 Å². The van der Waals surface area contributed by atoms with Gasteiger partial charge in [0, 0.05) is 18.7 Å². The fourth-order valence-corrected chi connectivity index (χ4v) is 2.08. The predicted octanol–water partition coefficient (Wildman–Crippen LogP) is 1.90. The van der Waals surface area contributed by atoms with Crippen molar-refractivity contribution in [1.29, 1.82) is 0 Å². The van der Waals surface area contributed by atoms with Crippen LogP contribution in [0.3, 0.4) is 0 Å². The summed E-state index contributed by atoms with van der Waals surface area (Å²) < 4.78 is 5.19. The molecular formula is C17H26N2O3. The monoisotopic (exact) mass is 306 g/mol. The van der Waals surface area contributed by atoms with Crippen LogP contribution in [0, 0.1) is 12.8 Å². The third-order valence-corrected chi connectivity index (χ3v) is 3.38. The van der Waals surface area contributed by atoms with E-state index in [0.717, 1.165) is 5.56 Å². The molecule has 0 heterocycles. The minimum atomic E-state index is -0.561. The van der Waals surface area contributed by atoms with Gasteiger partial charge >= 0.3 is 0 Å². The number of hydrogen-bond acceptors (Lipinski definition) is 3. The molecule has 0 aliphatic carbocycles. The number of rotatable bonds is 8. The normalized spacial score (nSPS) is 12.0. The Morgan fingerprint density at radius 2 is 1.91 bits per heavy atom. The fourth-order valence-electron chi connectivity index (χ4n) is 2.08. The first kappa shape index (κ1) is 18.2. The molecule has 0 saturated heterocycles. The molecule has 0 aliphatic heterocycles. The number of carbonyl (C=O) groups excluding carboxylic acids is 2. The first-order valence-corrected chi connectivity index (χ1v) is 7.69. The Bertz CT molecular complexity index is 500. The maximum atomic E-state index is 12.3.